The smallest absolute Gasteiger partial charge is 0.333 e. The Morgan fingerprint density at radius 1 is 0.393 bits per heavy atom. The van der Waals surface area contributed by atoms with Crippen molar-refractivity contribution < 1.29 is 38.0 Å². The van der Waals surface area contributed by atoms with Gasteiger partial charge in [-0.3, -0.25) is 0 Å². The van der Waals surface area contributed by atoms with Crippen molar-refractivity contribution in [2.45, 2.75) is 90.9 Å². The Kier molecular flexibility index (Phi) is 12.1. The largest absolute Gasteiger partial charge is 0.462 e. The van der Waals surface area contributed by atoms with E-state index in [-0.39, 0.29) is 11.9 Å². The molecule has 9 aliphatic rings. The summed E-state index contributed by atoms with van der Waals surface area (Å²) in [6.45, 7) is 18.5. The van der Waals surface area contributed by atoms with E-state index in [0.29, 0.717) is 67.2 Å². The number of hydrogen-bond acceptors (Lipinski definition) is 8. The Morgan fingerprint density at radius 2 is 0.696 bits per heavy atom. The van der Waals surface area contributed by atoms with Crippen molar-refractivity contribution >= 4 is 11.9 Å². The van der Waals surface area contributed by atoms with Crippen LogP contribution in [-0.4, -0.2) is 78.0 Å². The van der Waals surface area contributed by atoms with Crippen molar-refractivity contribution in [2.75, 3.05) is 66.1 Å². The zero-order valence-corrected chi connectivity index (χ0v) is 34.6. The van der Waals surface area contributed by atoms with Gasteiger partial charge in [0.1, 0.15) is 0 Å². The summed E-state index contributed by atoms with van der Waals surface area (Å²) >= 11 is 0. The summed E-state index contributed by atoms with van der Waals surface area (Å²) in [5, 5.41) is 0. The van der Waals surface area contributed by atoms with Gasteiger partial charge < -0.3 is 28.4 Å². The van der Waals surface area contributed by atoms with Crippen molar-refractivity contribution in [1.82, 2.24) is 0 Å². The summed E-state index contributed by atoms with van der Waals surface area (Å²) in [4.78, 5) is 23.8. The van der Waals surface area contributed by atoms with Gasteiger partial charge in [-0.25, -0.2) is 9.59 Å². The SMILES string of the molecule is C=C(C)C(=O)OCC1CC2CC1C1CC(COCCOCC3CC4C5CC(COCCOCC6CC7C8CC(COC(=O)C(=C)C)C(C8)C7C6)C(C5)C4C3)CC21. The molecule has 9 rings (SSSR count). The van der Waals surface area contributed by atoms with Crippen molar-refractivity contribution in [3.8, 4) is 0 Å². The van der Waals surface area contributed by atoms with E-state index in [1.165, 1.54) is 77.0 Å². The summed E-state index contributed by atoms with van der Waals surface area (Å²) < 4.78 is 36.0. The molecule has 9 saturated carbocycles. The second-order valence-electron chi connectivity index (χ2n) is 21.0. The van der Waals surface area contributed by atoms with Crippen LogP contribution in [0.3, 0.4) is 0 Å². The molecule has 0 aromatic rings. The minimum atomic E-state index is -0.235. The van der Waals surface area contributed by atoms with E-state index < -0.39 is 0 Å². The fourth-order valence-electron chi connectivity index (χ4n) is 15.8. The van der Waals surface area contributed by atoms with Crippen LogP contribution < -0.4 is 0 Å². The van der Waals surface area contributed by atoms with Crippen molar-refractivity contribution in [2.24, 2.45) is 107 Å². The summed E-state index contributed by atoms with van der Waals surface area (Å²) in [5.74, 6) is 13.4. The van der Waals surface area contributed by atoms with Crippen LogP contribution in [0, 0.1) is 107 Å². The molecule has 0 radical (unpaired) electrons. The molecule has 9 fully saturated rings. The minimum Gasteiger partial charge on any atom is -0.462 e. The fraction of sp³-hybridized carbons (Fsp3) is 0.875. The highest BCUT2D eigenvalue weighted by Crippen LogP contribution is 2.64. The molecule has 8 nitrogen and oxygen atoms in total. The van der Waals surface area contributed by atoms with Crippen LogP contribution in [0.4, 0.5) is 0 Å². The first-order chi connectivity index (χ1) is 27.2. The van der Waals surface area contributed by atoms with Crippen LogP contribution in [-0.2, 0) is 38.0 Å². The van der Waals surface area contributed by atoms with Gasteiger partial charge in [-0.05, 0) is 197 Å². The zero-order valence-electron chi connectivity index (χ0n) is 34.6. The molecule has 0 aromatic heterocycles. The third kappa shape index (κ3) is 8.09. The molecule has 8 heteroatoms. The predicted molar refractivity (Wildman–Crippen MR) is 213 cm³/mol. The second-order valence-corrected chi connectivity index (χ2v) is 21.0. The van der Waals surface area contributed by atoms with Gasteiger partial charge in [0, 0.05) is 37.6 Å². The molecule has 18 atom stereocenters. The van der Waals surface area contributed by atoms with Crippen LogP contribution in [0.25, 0.3) is 0 Å². The monoisotopic (exact) mass is 777 g/mol. The fourth-order valence-corrected chi connectivity index (χ4v) is 15.8. The first kappa shape index (κ1) is 39.7. The number of carbonyl (C=O) groups is 2. The topological polar surface area (TPSA) is 89.5 Å². The molecule has 0 N–H and O–H groups in total. The quantitative estimate of drug-likeness (QED) is 0.0696. The van der Waals surface area contributed by atoms with Gasteiger partial charge in [-0.2, -0.15) is 0 Å². The number of ether oxygens (including phenoxy) is 6. The maximum absolute atomic E-state index is 11.9. The Morgan fingerprint density at radius 3 is 1.04 bits per heavy atom. The normalized spacial score (nSPS) is 44.7. The lowest BCUT2D eigenvalue weighted by atomic mass is 9.76. The van der Waals surface area contributed by atoms with E-state index >= 15 is 0 Å². The molecule has 0 heterocycles. The molecule has 0 aliphatic heterocycles. The molecule has 0 amide bonds. The number of fused-ring (bicyclic) bond motifs is 15. The highest BCUT2D eigenvalue weighted by Gasteiger charge is 2.58. The third-order valence-corrected chi connectivity index (χ3v) is 17.8. The van der Waals surface area contributed by atoms with Crippen LogP contribution in [0.2, 0.25) is 0 Å². The van der Waals surface area contributed by atoms with Crippen molar-refractivity contribution in [3.63, 3.8) is 0 Å². The van der Waals surface area contributed by atoms with Gasteiger partial charge in [0.15, 0.2) is 0 Å². The molecule has 6 bridgehead atoms. The van der Waals surface area contributed by atoms with Crippen molar-refractivity contribution in [3.05, 3.63) is 24.3 Å². The molecule has 9 aliphatic carbocycles. The molecule has 18 unspecified atom stereocenters. The minimum absolute atomic E-state index is 0.234. The Bertz CT molecular complexity index is 1440. The van der Waals surface area contributed by atoms with E-state index in [4.69, 9.17) is 28.4 Å². The van der Waals surface area contributed by atoms with E-state index in [1.54, 1.807) is 13.8 Å². The standard InChI is InChI=1S/C48H72O8/c1-27(2)47(49)55-25-36-16-33-19-42(36)45-13-30(10-39(33)45)22-52-6-5-51-21-29-9-38-32-15-35(41(18-32)44(38)12-29)24-54-8-7-53-23-31-11-40-34-17-37(26-56-48(50)28(3)4)43(20-34)46(40)14-31/h29-46H,1,3,5-26H2,2,4H3. The molecular weight excluding hydrogens is 705 g/mol. The molecule has 0 aromatic carbocycles. The second kappa shape index (κ2) is 17.1. The lowest BCUT2D eigenvalue weighted by Gasteiger charge is -2.31. The Labute approximate surface area is 336 Å². The first-order valence-electron chi connectivity index (χ1n) is 23.2. The number of hydrogen-bond donors (Lipinski definition) is 0. The van der Waals surface area contributed by atoms with Crippen LogP contribution in [0.1, 0.15) is 90.9 Å². The number of carbonyl (C=O) groups excluding carboxylic acids is 2. The van der Waals surface area contributed by atoms with Gasteiger partial charge in [0.05, 0.1) is 39.6 Å². The van der Waals surface area contributed by atoms with E-state index in [0.717, 1.165) is 117 Å². The highest BCUT2D eigenvalue weighted by molar-refractivity contribution is 5.87. The molecule has 0 spiro atoms. The van der Waals surface area contributed by atoms with Crippen molar-refractivity contribution in [1.29, 1.82) is 0 Å². The van der Waals surface area contributed by atoms with E-state index in [2.05, 4.69) is 13.2 Å². The first-order valence-corrected chi connectivity index (χ1v) is 23.2. The summed E-state index contributed by atoms with van der Waals surface area (Å²) in [6, 6.07) is 0. The molecule has 0 saturated heterocycles. The lowest BCUT2D eigenvalue weighted by molar-refractivity contribution is -0.142. The zero-order chi connectivity index (χ0) is 38.5. The van der Waals surface area contributed by atoms with E-state index in [1.807, 2.05) is 0 Å². The van der Waals surface area contributed by atoms with Gasteiger partial charge in [-0.15, -0.1) is 0 Å². The van der Waals surface area contributed by atoms with Crippen LogP contribution in [0.15, 0.2) is 24.3 Å². The Hall–Kier alpha value is -1.74. The summed E-state index contributed by atoms with van der Waals surface area (Å²) in [7, 11) is 0. The lowest BCUT2D eigenvalue weighted by Crippen LogP contribution is -2.28. The van der Waals surface area contributed by atoms with Gasteiger partial charge in [0.25, 0.3) is 0 Å². The Balaban J connectivity index is 0.599. The van der Waals surface area contributed by atoms with Crippen LogP contribution in [0.5, 0.6) is 0 Å². The van der Waals surface area contributed by atoms with E-state index in [9.17, 15) is 9.59 Å². The summed E-state index contributed by atoms with van der Waals surface area (Å²) in [6.07, 6.45) is 15.9. The third-order valence-electron chi connectivity index (χ3n) is 17.8. The maximum Gasteiger partial charge on any atom is 0.333 e. The molecule has 312 valence electrons. The predicted octanol–water partition coefficient (Wildman–Crippen LogP) is 8.19. The summed E-state index contributed by atoms with van der Waals surface area (Å²) in [5.41, 5.74) is 1.00. The number of rotatable bonds is 20. The maximum atomic E-state index is 11.9. The average Bonchev–Trinajstić information content (AvgIpc) is 4.03. The van der Waals surface area contributed by atoms with Gasteiger partial charge in [-0.1, -0.05) is 13.2 Å². The molecule has 56 heavy (non-hydrogen) atoms. The van der Waals surface area contributed by atoms with Gasteiger partial charge >= 0.3 is 11.9 Å². The highest BCUT2D eigenvalue weighted by atomic mass is 16.5. The number of esters is 2. The average molecular weight is 777 g/mol. The van der Waals surface area contributed by atoms with Gasteiger partial charge in [0.2, 0.25) is 0 Å². The molecular formula is C48H72O8. The van der Waals surface area contributed by atoms with Crippen LogP contribution >= 0.6 is 0 Å².